The number of aryl methyl sites for hydroxylation is 1. The van der Waals surface area contributed by atoms with Crippen LogP contribution in [0.2, 0.25) is 0 Å². The molecular weight excluding hydrogens is 322 g/mol. The maximum absolute atomic E-state index is 12.5. The minimum absolute atomic E-state index is 0.0731. The van der Waals surface area contributed by atoms with Crippen LogP contribution in [-0.2, 0) is 7.05 Å². The number of pyridine rings is 1. The standard InChI is InChI=1S/C17H21N5O3/c1-3-18-15(23)13-5-4-8-19-16(13)25-12-7-10-22(11-12)17(24)14-6-9-20-21(14)2/h4-6,8-9,12H,3,7,10-11H2,1-2H3,(H,18,23). The molecule has 1 unspecified atom stereocenters. The quantitative estimate of drug-likeness (QED) is 0.870. The number of nitrogens with one attached hydrogen (secondary N) is 1. The van der Waals surface area contributed by atoms with E-state index in [2.05, 4.69) is 15.4 Å². The number of hydrogen-bond acceptors (Lipinski definition) is 5. The fourth-order valence-electron chi connectivity index (χ4n) is 2.83. The third-order valence-corrected chi connectivity index (χ3v) is 4.10. The molecule has 1 aliphatic rings. The summed E-state index contributed by atoms with van der Waals surface area (Å²) in [5.74, 6) is 0.00997. The Morgan fingerprint density at radius 2 is 2.20 bits per heavy atom. The SMILES string of the molecule is CCNC(=O)c1cccnc1OC1CCN(C(=O)c2ccnn2C)C1. The minimum Gasteiger partial charge on any atom is -0.472 e. The summed E-state index contributed by atoms with van der Waals surface area (Å²) >= 11 is 0. The van der Waals surface area contributed by atoms with Crippen molar-refractivity contribution in [2.75, 3.05) is 19.6 Å². The van der Waals surface area contributed by atoms with E-state index in [4.69, 9.17) is 4.74 Å². The summed E-state index contributed by atoms with van der Waals surface area (Å²) in [5, 5.41) is 6.77. The Morgan fingerprint density at radius 3 is 2.92 bits per heavy atom. The van der Waals surface area contributed by atoms with Gasteiger partial charge in [0.05, 0.1) is 6.54 Å². The number of nitrogens with zero attached hydrogens (tertiary/aromatic N) is 4. The fraction of sp³-hybridized carbons (Fsp3) is 0.412. The van der Waals surface area contributed by atoms with E-state index in [1.807, 2.05) is 6.92 Å². The summed E-state index contributed by atoms with van der Waals surface area (Å²) in [4.78, 5) is 30.5. The van der Waals surface area contributed by atoms with E-state index in [1.54, 1.807) is 47.2 Å². The van der Waals surface area contributed by atoms with E-state index in [1.165, 1.54) is 0 Å². The Kier molecular flexibility index (Phi) is 4.97. The number of likely N-dealkylation sites (tertiary alicyclic amines) is 1. The molecule has 3 rings (SSSR count). The van der Waals surface area contributed by atoms with Gasteiger partial charge >= 0.3 is 0 Å². The number of carbonyl (C=O) groups is 2. The monoisotopic (exact) mass is 343 g/mol. The maximum Gasteiger partial charge on any atom is 0.272 e. The van der Waals surface area contributed by atoms with Gasteiger partial charge in [0.1, 0.15) is 17.4 Å². The lowest BCUT2D eigenvalue weighted by atomic mass is 10.2. The van der Waals surface area contributed by atoms with Crippen LogP contribution < -0.4 is 10.1 Å². The van der Waals surface area contributed by atoms with Crippen LogP contribution in [0, 0.1) is 0 Å². The lowest BCUT2D eigenvalue weighted by molar-refractivity contribution is 0.0758. The van der Waals surface area contributed by atoms with E-state index >= 15 is 0 Å². The first-order chi connectivity index (χ1) is 12.1. The second kappa shape index (κ2) is 7.33. The van der Waals surface area contributed by atoms with E-state index in [-0.39, 0.29) is 17.9 Å². The van der Waals surface area contributed by atoms with Crippen LogP contribution in [0.25, 0.3) is 0 Å². The normalized spacial score (nSPS) is 16.7. The molecule has 3 heterocycles. The van der Waals surface area contributed by atoms with Gasteiger partial charge in [-0.2, -0.15) is 5.10 Å². The zero-order valence-corrected chi connectivity index (χ0v) is 14.3. The van der Waals surface area contributed by atoms with Gasteiger partial charge in [-0.25, -0.2) is 4.98 Å². The summed E-state index contributed by atoms with van der Waals surface area (Å²) in [7, 11) is 1.74. The van der Waals surface area contributed by atoms with Crippen LogP contribution in [0.15, 0.2) is 30.6 Å². The minimum atomic E-state index is -0.216. The van der Waals surface area contributed by atoms with Crippen molar-refractivity contribution in [2.24, 2.45) is 7.05 Å². The summed E-state index contributed by atoms with van der Waals surface area (Å²) < 4.78 is 7.47. The molecule has 0 saturated carbocycles. The van der Waals surface area contributed by atoms with Gasteiger partial charge in [-0.1, -0.05) is 0 Å². The van der Waals surface area contributed by atoms with Gasteiger partial charge in [0.15, 0.2) is 0 Å². The highest BCUT2D eigenvalue weighted by atomic mass is 16.5. The molecule has 2 amide bonds. The Balaban J connectivity index is 1.67. The predicted octanol–water partition coefficient (Wildman–Crippen LogP) is 0.858. The molecule has 0 spiro atoms. The molecule has 0 bridgehead atoms. The van der Waals surface area contributed by atoms with Crippen molar-refractivity contribution in [2.45, 2.75) is 19.4 Å². The van der Waals surface area contributed by atoms with Crippen molar-refractivity contribution in [3.8, 4) is 5.88 Å². The first kappa shape index (κ1) is 16.9. The van der Waals surface area contributed by atoms with Crippen LogP contribution in [-0.4, -0.2) is 57.2 Å². The second-order valence-electron chi connectivity index (χ2n) is 5.84. The zero-order valence-electron chi connectivity index (χ0n) is 14.3. The van der Waals surface area contributed by atoms with Crippen LogP contribution in [0.3, 0.4) is 0 Å². The van der Waals surface area contributed by atoms with E-state index in [0.29, 0.717) is 43.2 Å². The van der Waals surface area contributed by atoms with Gasteiger partial charge in [-0.05, 0) is 25.1 Å². The Hall–Kier alpha value is -2.90. The van der Waals surface area contributed by atoms with Crippen molar-refractivity contribution in [3.05, 3.63) is 41.9 Å². The van der Waals surface area contributed by atoms with Gasteiger partial charge in [-0.3, -0.25) is 14.3 Å². The summed E-state index contributed by atoms with van der Waals surface area (Å²) in [6.45, 7) is 3.44. The fourth-order valence-corrected chi connectivity index (χ4v) is 2.83. The molecule has 2 aromatic heterocycles. The third kappa shape index (κ3) is 3.62. The Labute approximate surface area is 145 Å². The molecular formula is C17H21N5O3. The lowest BCUT2D eigenvalue weighted by Crippen LogP contribution is -2.32. The average Bonchev–Trinajstić information content (AvgIpc) is 3.24. The summed E-state index contributed by atoms with van der Waals surface area (Å²) in [5.41, 5.74) is 0.947. The highest BCUT2D eigenvalue weighted by Crippen LogP contribution is 2.21. The smallest absolute Gasteiger partial charge is 0.272 e. The number of ether oxygens (including phenoxy) is 1. The van der Waals surface area contributed by atoms with E-state index < -0.39 is 0 Å². The highest BCUT2D eigenvalue weighted by molar-refractivity contribution is 5.96. The molecule has 1 aliphatic heterocycles. The van der Waals surface area contributed by atoms with Crippen LogP contribution in [0.5, 0.6) is 5.88 Å². The van der Waals surface area contributed by atoms with Gasteiger partial charge < -0.3 is 15.0 Å². The molecule has 2 aromatic rings. The number of amides is 2. The molecule has 132 valence electrons. The Bertz CT molecular complexity index is 773. The van der Waals surface area contributed by atoms with Crippen LogP contribution in [0.1, 0.15) is 34.2 Å². The molecule has 25 heavy (non-hydrogen) atoms. The topological polar surface area (TPSA) is 89.3 Å². The van der Waals surface area contributed by atoms with E-state index in [9.17, 15) is 9.59 Å². The van der Waals surface area contributed by atoms with Gasteiger partial charge in [-0.15, -0.1) is 0 Å². The zero-order chi connectivity index (χ0) is 17.8. The molecule has 0 radical (unpaired) electrons. The predicted molar refractivity (Wildman–Crippen MR) is 90.4 cm³/mol. The molecule has 1 fully saturated rings. The van der Waals surface area contributed by atoms with Crippen LogP contribution >= 0.6 is 0 Å². The van der Waals surface area contributed by atoms with Crippen LogP contribution in [0.4, 0.5) is 0 Å². The first-order valence-corrected chi connectivity index (χ1v) is 8.27. The number of hydrogen-bond donors (Lipinski definition) is 1. The van der Waals surface area contributed by atoms with Gasteiger partial charge in [0.25, 0.3) is 11.8 Å². The van der Waals surface area contributed by atoms with Gasteiger partial charge in [0.2, 0.25) is 5.88 Å². The Morgan fingerprint density at radius 1 is 1.36 bits per heavy atom. The van der Waals surface area contributed by atoms with Crippen molar-refractivity contribution >= 4 is 11.8 Å². The average molecular weight is 343 g/mol. The number of aromatic nitrogens is 3. The molecule has 8 nitrogen and oxygen atoms in total. The second-order valence-corrected chi connectivity index (χ2v) is 5.84. The maximum atomic E-state index is 12.5. The third-order valence-electron chi connectivity index (χ3n) is 4.10. The van der Waals surface area contributed by atoms with Crippen molar-refractivity contribution < 1.29 is 14.3 Å². The summed E-state index contributed by atoms with van der Waals surface area (Å²) in [6.07, 6.45) is 3.69. The van der Waals surface area contributed by atoms with Crippen molar-refractivity contribution in [3.63, 3.8) is 0 Å². The molecule has 8 heteroatoms. The van der Waals surface area contributed by atoms with E-state index in [0.717, 1.165) is 0 Å². The number of carbonyl (C=O) groups excluding carboxylic acids is 2. The van der Waals surface area contributed by atoms with Crippen molar-refractivity contribution in [1.82, 2.24) is 25.0 Å². The highest BCUT2D eigenvalue weighted by Gasteiger charge is 2.30. The molecule has 0 aliphatic carbocycles. The number of rotatable bonds is 5. The molecule has 1 atom stereocenters. The van der Waals surface area contributed by atoms with Gasteiger partial charge in [0, 0.05) is 39.0 Å². The molecule has 1 N–H and O–H groups in total. The molecule has 0 aromatic carbocycles. The summed E-state index contributed by atoms with van der Waals surface area (Å²) in [6, 6.07) is 5.08. The van der Waals surface area contributed by atoms with Crippen molar-refractivity contribution in [1.29, 1.82) is 0 Å². The largest absolute Gasteiger partial charge is 0.472 e. The molecule has 1 saturated heterocycles. The lowest BCUT2D eigenvalue weighted by Gasteiger charge is -2.17. The first-order valence-electron chi connectivity index (χ1n) is 8.27.